The van der Waals surface area contributed by atoms with Gasteiger partial charge in [-0.05, 0) is 37.1 Å². The number of hydrogen-bond acceptors (Lipinski definition) is 6. The van der Waals surface area contributed by atoms with Crippen LogP contribution in [0.4, 0.5) is 17.3 Å². The number of anilines is 3. The van der Waals surface area contributed by atoms with Gasteiger partial charge < -0.3 is 19.9 Å². The third-order valence-corrected chi connectivity index (χ3v) is 5.72. The van der Waals surface area contributed by atoms with E-state index in [1.807, 2.05) is 42.5 Å². The molecule has 2 aliphatic rings. The third kappa shape index (κ3) is 3.80. The lowest BCUT2D eigenvalue weighted by Crippen LogP contribution is -2.36. The number of nitrogens with zero attached hydrogens (tertiary/aromatic N) is 4. The second-order valence-electron chi connectivity index (χ2n) is 7.70. The van der Waals surface area contributed by atoms with Crippen LogP contribution in [0.3, 0.4) is 0 Å². The summed E-state index contributed by atoms with van der Waals surface area (Å²) in [5.74, 6) is 1.12. The Kier molecular flexibility index (Phi) is 5.19. The summed E-state index contributed by atoms with van der Waals surface area (Å²) in [5.41, 5.74) is 2.54. The predicted octanol–water partition coefficient (Wildman–Crippen LogP) is 3.32. The van der Waals surface area contributed by atoms with Crippen LogP contribution in [0.2, 0.25) is 0 Å². The van der Waals surface area contributed by atoms with Crippen LogP contribution in [-0.2, 0) is 4.74 Å². The van der Waals surface area contributed by atoms with Gasteiger partial charge in [0.15, 0.2) is 0 Å². The topological polar surface area (TPSA) is 70.6 Å². The summed E-state index contributed by atoms with van der Waals surface area (Å²) in [7, 11) is 0. The summed E-state index contributed by atoms with van der Waals surface area (Å²) >= 11 is 0. The second kappa shape index (κ2) is 8.28. The monoisotopic (exact) mass is 403 g/mol. The van der Waals surface area contributed by atoms with E-state index in [2.05, 4.69) is 20.1 Å². The van der Waals surface area contributed by atoms with Crippen LogP contribution < -0.4 is 15.1 Å². The molecule has 2 fully saturated rings. The number of ether oxygens (including phenoxy) is 1. The molecule has 0 radical (unpaired) electrons. The minimum absolute atomic E-state index is 0.179. The van der Waals surface area contributed by atoms with Gasteiger partial charge in [0.1, 0.15) is 11.6 Å². The summed E-state index contributed by atoms with van der Waals surface area (Å²) in [5, 5.41) is 3.92. The number of carbonyl (C=O) groups excluding carboxylic acids is 1. The number of benzene rings is 1. The zero-order valence-electron chi connectivity index (χ0n) is 16.9. The molecule has 1 amide bonds. The summed E-state index contributed by atoms with van der Waals surface area (Å²) in [6.07, 6.45) is 4.06. The fraction of sp³-hybridized carbons (Fsp3) is 0.348. The molecule has 0 aliphatic carbocycles. The molecule has 7 nitrogen and oxygen atoms in total. The molecule has 154 valence electrons. The zero-order chi connectivity index (χ0) is 20.3. The van der Waals surface area contributed by atoms with Crippen LogP contribution in [-0.4, -0.2) is 55.3 Å². The van der Waals surface area contributed by atoms with Crippen molar-refractivity contribution in [1.29, 1.82) is 0 Å². The van der Waals surface area contributed by atoms with Gasteiger partial charge in [0.05, 0.1) is 36.2 Å². The van der Waals surface area contributed by atoms with E-state index in [4.69, 9.17) is 9.72 Å². The van der Waals surface area contributed by atoms with Crippen molar-refractivity contribution in [3.05, 3.63) is 54.2 Å². The molecular weight excluding hydrogens is 378 g/mol. The normalized spacial score (nSPS) is 16.8. The van der Waals surface area contributed by atoms with E-state index in [0.717, 1.165) is 74.6 Å². The van der Waals surface area contributed by atoms with E-state index < -0.39 is 0 Å². The van der Waals surface area contributed by atoms with Crippen molar-refractivity contribution >= 4 is 34.1 Å². The van der Waals surface area contributed by atoms with Gasteiger partial charge >= 0.3 is 0 Å². The molecule has 1 aromatic carbocycles. The highest BCUT2D eigenvalue weighted by molar-refractivity contribution is 6.09. The van der Waals surface area contributed by atoms with E-state index in [9.17, 15) is 4.79 Å². The van der Waals surface area contributed by atoms with E-state index in [1.54, 1.807) is 6.20 Å². The van der Waals surface area contributed by atoms with E-state index in [1.165, 1.54) is 0 Å². The van der Waals surface area contributed by atoms with Crippen molar-refractivity contribution in [2.75, 3.05) is 54.5 Å². The first-order valence-electron chi connectivity index (χ1n) is 10.5. The van der Waals surface area contributed by atoms with Gasteiger partial charge in [-0.1, -0.05) is 18.2 Å². The smallest absolute Gasteiger partial charge is 0.260 e. The molecule has 3 aromatic rings. The Balaban J connectivity index is 1.40. The number of nitrogens with one attached hydrogen (secondary N) is 1. The Morgan fingerprint density at radius 2 is 1.77 bits per heavy atom. The number of para-hydroxylation sites is 1. The average molecular weight is 403 g/mol. The third-order valence-electron chi connectivity index (χ3n) is 5.72. The summed E-state index contributed by atoms with van der Waals surface area (Å²) in [6, 6.07) is 13.7. The average Bonchev–Trinajstić information content (AvgIpc) is 3.34. The fourth-order valence-electron chi connectivity index (χ4n) is 4.10. The van der Waals surface area contributed by atoms with Crippen molar-refractivity contribution in [3.63, 3.8) is 0 Å². The largest absolute Gasteiger partial charge is 0.378 e. The van der Waals surface area contributed by atoms with Crippen molar-refractivity contribution in [2.45, 2.75) is 12.8 Å². The molecule has 0 spiro atoms. The van der Waals surface area contributed by atoms with Gasteiger partial charge in [0.25, 0.3) is 5.91 Å². The number of amides is 1. The summed E-state index contributed by atoms with van der Waals surface area (Å²) in [6.45, 7) is 5.03. The number of fused-ring (bicyclic) bond motifs is 1. The molecule has 0 saturated carbocycles. The van der Waals surface area contributed by atoms with E-state index >= 15 is 0 Å². The van der Waals surface area contributed by atoms with Crippen molar-refractivity contribution in [1.82, 2.24) is 9.97 Å². The van der Waals surface area contributed by atoms with Crippen LogP contribution >= 0.6 is 0 Å². The minimum Gasteiger partial charge on any atom is -0.378 e. The number of pyridine rings is 2. The Morgan fingerprint density at radius 3 is 2.53 bits per heavy atom. The number of carbonyl (C=O) groups is 1. The molecular formula is C23H25N5O2. The standard InChI is InChI=1S/C23H25N5O2/c29-23(26-21-8-7-18(16-24-21)27-11-13-30-14-12-27)19-15-17-5-1-2-6-20(17)25-22(19)28-9-3-4-10-28/h1-2,5-8,15-16H,3-4,9-14H2,(H,24,26,29). The van der Waals surface area contributed by atoms with E-state index in [-0.39, 0.29) is 5.91 Å². The number of rotatable bonds is 4. The first-order chi connectivity index (χ1) is 14.8. The van der Waals surface area contributed by atoms with Crippen molar-refractivity contribution in [2.24, 2.45) is 0 Å². The quantitative estimate of drug-likeness (QED) is 0.721. The van der Waals surface area contributed by atoms with Gasteiger partial charge in [0.2, 0.25) is 0 Å². The molecule has 30 heavy (non-hydrogen) atoms. The highest BCUT2D eigenvalue weighted by Crippen LogP contribution is 2.27. The SMILES string of the molecule is O=C(Nc1ccc(N2CCOCC2)cn1)c1cc2ccccc2nc1N1CCCC1. The molecule has 5 rings (SSSR count). The van der Waals surface area contributed by atoms with Crippen LogP contribution in [0.25, 0.3) is 10.9 Å². The first kappa shape index (κ1) is 18.8. The van der Waals surface area contributed by atoms with Crippen LogP contribution in [0.1, 0.15) is 23.2 Å². The molecule has 4 heterocycles. The lowest BCUT2D eigenvalue weighted by molar-refractivity contribution is 0.102. The molecule has 2 aromatic heterocycles. The van der Waals surface area contributed by atoms with Crippen molar-refractivity contribution < 1.29 is 9.53 Å². The highest BCUT2D eigenvalue weighted by Gasteiger charge is 2.22. The van der Waals surface area contributed by atoms with E-state index in [0.29, 0.717) is 11.4 Å². The zero-order valence-corrected chi connectivity index (χ0v) is 16.9. The Labute approximate surface area is 175 Å². The highest BCUT2D eigenvalue weighted by atomic mass is 16.5. The molecule has 0 atom stereocenters. The van der Waals surface area contributed by atoms with Gasteiger partial charge in [0, 0.05) is 31.6 Å². The summed E-state index contributed by atoms with van der Waals surface area (Å²) < 4.78 is 5.40. The summed E-state index contributed by atoms with van der Waals surface area (Å²) in [4.78, 5) is 26.9. The van der Waals surface area contributed by atoms with Crippen LogP contribution in [0.15, 0.2) is 48.7 Å². The lowest BCUT2D eigenvalue weighted by atomic mass is 10.1. The minimum atomic E-state index is -0.179. The molecule has 7 heteroatoms. The van der Waals surface area contributed by atoms with Crippen LogP contribution in [0.5, 0.6) is 0 Å². The number of aromatic nitrogens is 2. The Bertz CT molecular complexity index is 1040. The maximum atomic E-state index is 13.2. The first-order valence-corrected chi connectivity index (χ1v) is 10.5. The molecule has 2 saturated heterocycles. The molecule has 0 bridgehead atoms. The van der Waals surface area contributed by atoms with Gasteiger partial charge in [-0.2, -0.15) is 0 Å². The lowest BCUT2D eigenvalue weighted by Gasteiger charge is -2.28. The second-order valence-corrected chi connectivity index (χ2v) is 7.70. The van der Waals surface area contributed by atoms with Gasteiger partial charge in [-0.3, -0.25) is 4.79 Å². The van der Waals surface area contributed by atoms with Gasteiger partial charge in [-0.25, -0.2) is 9.97 Å². The predicted molar refractivity (Wildman–Crippen MR) is 118 cm³/mol. The molecule has 1 N–H and O–H groups in total. The molecule has 0 unspecified atom stereocenters. The number of hydrogen-bond donors (Lipinski definition) is 1. The number of morpholine rings is 1. The van der Waals surface area contributed by atoms with Gasteiger partial charge in [-0.15, -0.1) is 0 Å². The molecule has 2 aliphatic heterocycles. The maximum Gasteiger partial charge on any atom is 0.260 e. The Morgan fingerprint density at radius 1 is 0.967 bits per heavy atom. The fourth-order valence-corrected chi connectivity index (χ4v) is 4.10. The maximum absolute atomic E-state index is 13.2. The van der Waals surface area contributed by atoms with Crippen LogP contribution in [0, 0.1) is 0 Å². The Hall–Kier alpha value is -3.19. The van der Waals surface area contributed by atoms with Crippen molar-refractivity contribution in [3.8, 4) is 0 Å².